The fraction of sp³-hybridized carbons (Fsp3) is 0.419. The number of rotatable bonds is 16. The number of halogens is 19. The minimum atomic E-state index is -10.0. The third-order valence-electron chi connectivity index (χ3n) is 16.4. The minimum absolute atomic E-state index is 0.00277. The van der Waals surface area contributed by atoms with Crippen molar-refractivity contribution in [2.24, 2.45) is 11.8 Å². The van der Waals surface area contributed by atoms with Crippen molar-refractivity contribution in [3.05, 3.63) is 171 Å². The van der Waals surface area contributed by atoms with E-state index in [-0.39, 0.29) is 76.9 Å². The maximum atomic E-state index is 14.7. The van der Waals surface area contributed by atoms with Gasteiger partial charge in [0.1, 0.15) is 55.7 Å². The number of ether oxygens (including phenoxy) is 2. The molecule has 0 radical (unpaired) electrons. The Labute approximate surface area is 508 Å². The van der Waals surface area contributed by atoms with Gasteiger partial charge in [-0.05, 0) is 203 Å². The molecule has 26 heteroatoms. The molecule has 0 unspecified atom stereocenters. The van der Waals surface area contributed by atoms with Crippen LogP contribution in [0.2, 0.25) is 0 Å². The van der Waals surface area contributed by atoms with Crippen molar-refractivity contribution >= 4 is 49.0 Å². The second-order valence-corrected chi connectivity index (χ2v) is 29.3. The normalized spacial score (nSPS) is 21.3. The molecule has 3 fully saturated rings. The van der Waals surface area contributed by atoms with Gasteiger partial charge < -0.3 is 18.8 Å². The van der Waals surface area contributed by atoms with Gasteiger partial charge in [-0.15, -0.1) is 0 Å². The van der Waals surface area contributed by atoms with E-state index >= 15 is 0 Å². The lowest BCUT2D eigenvalue weighted by Crippen LogP contribution is -2.41. The van der Waals surface area contributed by atoms with Gasteiger partial charge in [-0.2, -0.15) is 17.6 Å². The summed E-state index contributed by atoms with van der Waals surface area (Å²) < 4.78 is 261. The smallest absolute Gasteiger partial charge is 0.429 e. The molecule has 0 atom stereocenters. The summed E-state index contributed by atoms with van der Waals surface area (Å²) in [5, 5.41) is 0. The van der Waals surface area contributed by atoms with Crippen molar-refractivity contribution in [1.82, 2.24) is 0 Å². The fourth-order valence-electron chi connectivity index (χ4n) is 11.0. The molecule has 6 aromatic carbocycles. The zero-order valence-corrected chi connectivity index (χ0v) is 51.8. The highest BCUT2D eigenvalue weighted by Crippen LogP contribution is 3.02. The molecule has 4 nitrogen and oxygen atoms in total. The predicted molar refractivity (Wildman–Crippen MR) is 312 cm³/mol. The number of hydrogen-bond donors (Lipinski definition) is 0. The van der Waals surface area contributed by atoms with Crippen LogP contribution in [-0.2, 0) is 21.5 Å². The first-order chi connectivity index (χ1) is 40.3. The van der Waals surface area contributed by atoms with Gasteiger partial charge in [0.2, 0.25) is 0 Å². The average Bonchev–Trinajstić information content (AvgIpc) is 1.29. The Morgan fingerprint density at radius 1 is 0.466 bits per heavy atom. The number of hydrogen-bond acceptors (Lipinski definition) is 4. The Morgan fingerprint density at radius 3 is 1.10 bits per heavy atom. The van der Waals surface area contributed by atoms with Gasteiger partial charge in [-0.25, -0.2) is 17.6 Å². The zero-order valence-electron chi connectivity index (χ0n) is 48.5. The van der Waals surface area contributed by atoms with E-state index in [4.69, 9.17) is 9.31 Å². The van der Waals surface area contributed by atoms with E-state index in [2.05, 4.69) is 91.2 Å². The van der Waals surface area contributed by atoms with Crippen LogP contribution in [0, 0.1) is 35.1 Å². The van der Waals surface area contributed by atoms with E-state index in [1.54, 1.807) is 12.1 Å². The molecule has 0 aromatic heterocycles. The van der Waals surface area contributed by atoms with Crippen molar-refractivity contribution in [2.75, 3.05) is 0 Å². The lowest BCUT2D eigenvalue weighted by molar-refractivity contribution is -0.190. The molecule has 6 aromatic rings. The Bertz CT molecular complexity index is 3320. The highest BCUT2D eigenvalue weighted by atomic mass is 79.9. The molecule has 0 spiro atoms. The van der Waals surface area contributed by atoms with Crippen LogP contribution in [0.15, 0.2) is 136 Å². The molecule has 3 aliphatic rings. The van der Waals surface area contributed by atoms with Crippen LogP contribution >= 0.6 is 36.4 Å². The molecule has 1 aliphatic heterocycles. The summed E-state index contributed by atoms with van der Waals surface area (Å²) >= 11 is 2.68. The summed E-state index contributed by atoms with van der Waals surface area (Å²) in [5.74, 6) is -5.81. The van der Waals surface area contributed by atoms with Crippen LogP contribution < -0.4 is 14.9 Å². The third-order valence-corrected chi connectivity index (χ3v) is 19.2. The molecule has 2 aliphatic carbocycles. The van der Waals surface area contributed by atoms with E-state index in [0.717, 1.165) is 60.9 Å². The van der Waals surface area contributed by atoms with E-state index in [1.807, 2.05) is 12.1 Å². The molecule has 2 saturated carbocycles. The number of alkyl halides is 4. The van der Waals surface area contributed by atoms with Crippen molar-refractivity contribution in [2.45, 2.75) is 164 Å². The van der Waals surface area contributed by atoms with E-state index in [1.165, 1.54) is 50.5 Å². The van der Waals surface area contributed by atoms with Gasteiger partial charge >= 0.3 is 39.8 Å². The van der Waals surface area contributed by atoms with Crippen LogP contribution in [0.25, 0.3) is 11.1 Å². The van der Waals surface area contributed by atoms with Gasteiger partial charge in [0.25, 0.3) is 0 Å². The summed E-state index contributed by atoms with van der Waals surface area (Å²) in [5.41, 5.74) is 0.0457. The van der Waals surface area contributed by atoms with Crippen LogP contribution in [0.5, 0.6) is 11.5 Å². The van der Waals surface area contributed by atoms with Crippen LogP contribution in [0.1, 0.15) is 153 Å². The highest BCUT2D eigenvalue weighted by molar-refractivity contribution is 9.10. The summed E-state index contributed by atoms with van der Waals surface area (Å²) in [4.78, 5) is -4.64. The van der Waals surface area contributed by atoms with Crippen LogP contribution in [-0.4, -0.2) is 18.3 Å². The fourth-order valence-corrected chi connectivity index (χ4v) is 12.7. The lowest BCUT2D eigenvalue weighted by Gasteiger charge is -2.40. The number of benzene rings is 6. The average molecular weight is 1370 g/mol. The Hall–Kier alpha value is -5.18. The summed E-state index contributed by atoms with van der Waals surface area (Å²) in [6.45, 7) is 12.9. The first kappa shape index (κ1) is 70.3. The molecule has 0 bridgehead atoms. The molecule has 1 saturated heterocycles. The quantitative estimate of drug-likeness (QED) is 0.0715. The first-order valence-electron chi connectivity index (χ1n) is 28.3. The van der Waals surface area contributed by atoms with Crippen molar-refractivity contribution in [3.8, 4) is 22.6 Å². The Balaban J connectivity index is 0.000000197. The largest absolute Gasteiger partial charge is 0.494 e. The molecule has 88 heavy (non-hydrogen) atoms. The van der Waals surface area contributed by atoms with Crippen molar-refractivity contribution in [3.63, 3.8) is 0 Å². The topological polar surface area (TPSA) is 36.9 Å². The second kappa shape index (κ2) is 24.5. The second-order valence-electron chi connectivity index (χ2n) is 23.6. The zero-order chi connectivity index (χ0) is 65.4. The summed E-state index contributed by atoms with van der Waals surface area (Å²) in [6, 6.07) is 18.7. The first-order valence-corrected chi connectivity index (χ1v) is 33.0. The third kappa shape index (κ3) is 17.9. The maximum Gasteiger partial charge on any atom is 0.494 e. The SMILES string of the molecule is CCCC1CCC(c2ccc(-c3cc(F)c(C(F)(F)Oc4ccc(S(F)(F)(F)(F)F)cc4)c(F)c3)cc2)CC1.CCCC1CCC(c2ccc(B3OC(C)(C)C(C)(C)O3)cc2)CC1.Fc1cc(Br)cc(F)c1C(F)(F)Oc1ccc(S(F)(F)(F)(F)F)cc1. The van der Waals surface area contributed by atoms with Crippen LogP contribution in [0.3, 0.4) is 0 Å². The van der Waals surface area contributed by atoms with E-state index in [0.29, 0.717) is 35.7 Å². The minimum Gasteiger partial charge on any atom is -0.429 e. The Morgan fingerprint density at radius 2 is 0.784 bits per heavy atom. The standard InChI is InChI=1S/C28H27F9OS.C21H33BO2.C13H6BrF9OS/c1-2-3-18-4-6-19(7-5-18)20-8-10-21(11-9-20)22-16-25(29)27(26(30)17-22)28(31,32)38-23-12-14-24(15-13-23)39(33,34,35,36)37;1-6-7-16-8-10-17(11-9-16)18-12-14-19(15-13-18)22-23-20(2,3)21(4,5)24-22;14-7-5-10(15)12(11(16)6-7)13(17,18)24-8-1-3-9(4-2-8)25(19,20,21,22)23/h8-19H,2-7H2,1H3;12-17H,6-11H2,1-5H3;1-6H. The van der Waals surface area contributed by atoms with Gasteiger partial charge in [0.05, 0.1) is 11.2 Å². The molecule has 1 heterocycles. The highest BCUT2D eigenvalue weighted by Gasteiger charge is 2.66. The molecule has 486 valence electrons. The monoisotopic (exact) mass is 1370 g/mol. The summed E-state index contributed by atoms with van der Waals surface area (Å²) in [7, 11) is -20.3. The Kier molecular flexibility index (Phi) is 19.5. The molecule has 0 amide bonds. The van der Waals surface area contributed by atoms with Gasteiger partial charge in [0.15, 0.2) is 0 Å². The molecular weight excluding hydrogens is 1310 g/mol. The molecule has 0 N–H and O–H groups in total. The van der Waals surface area contributed by atoms with Gasteiger partial charge in [-0.1, -0.05) is 143 Å². The molecular formula is C62H66BBrF18O4S2. The molecule has 9 rings (SSSR count). The lowest BCUT2D eigenvalue weighted by atomic mass is 9.75. The van der Waals surface area contributed by atoms with Crippen molar-refractivity contribution in [1.29, 1.82) is 0 Å². The van der Waals surface area contributed by atoms with Crippen LogP contribution in [0.4, 0.5) is 74.0 Å². The van der Waals surface area contributed by atoms with Gasteiger partial charge in [-0.3, -0.25) is 0 Å². The van der Waals surface area contributed by atoms with E-state index < -0.39 is 88.4 Å². The van der Waals surface area contributed by atoms with E-state index in [9.17, 15) is 74.0 Å². The summed E-state index contributed by atoms with van der Waals surface area (Å²) in [6.07, 6.45) is 5.76. The van der Waals surface area contributed by atoms with Crippen molar-refractivity contribution < 1.29 is 92.8 Å². The maximum absolute atomic E-state index is 14.7. The predicted octanol–water partition coefficient (Wildman–Crippen LogP) is 24.1. The van der Waals surface area contributed by atoms with Gasteiger partial charge in [0, 0.05) is 4.47 Å².